The molecular weight excluding hydrogens is 236 g/mol. The molecule has 0 saturated carbocycles. The van der Waals surface area contributed by atoms with Gasteiger partial charge in [-0.2, -0.15) is 10.2 Å². The highest BCUT2D eigenvalue weighted by molar-refractivity contribution is 5.77. The van der Waals surface area contributed by atoms with E-state index in [-0.39, 0.29) is 0 Å². The highest BCUT2D eigenvalue weighted by atomic mass is 15.2. The molecule has 1 aromatic heterocycles. The van der Waals surface area contributed by atoms with Crippen molar-refractivity contribution in [1.29, 1.82) is 0 Å². The lowest BCUT2D eigenvalue weighted by Crippen LogP contribution is -2.43. The summed E-state index contributed by atoms with van der Waals surface area (Å²) in [6.45, 7) is 5.74. The molecule has 1 N–H and O–H groups in total. The Morgan fingerprint density at radius 2 is 1.95 bits per heavy atom. The fourth-order valence-corrected chi connectivity index (χ4v) is 2.57. The molecule has 0 atom stereocenters. The Hall–Kier alpha value is -1.52. The monoisotopic (exact) mass is 256 g/mol. The van der Waals surface area contributed by atoms with Gasteiger partial charge in [0.05, 0.1) is 11.2 Å². The van der Waals surface area contributed by atoms with Gasteiger partial charge in [0.1, 0.15) is 0 Å². The highest BCUT2D eigenvalue weighted by Crippen LogP contribution is 2.11. The van der Waals surface area contributed by atoms with Crippen LogP contribution in [0.5, 0.6) is 0 Å². The van der Waals surface area contributed by atoms with Crippen molar-refractivity contribution in [2.24, 2.45) is 0 Å². The molecule has 0 amide bonds. The average molecular weight is 256 g/mol. The van der Waals surface area contributed by atoms with Crippen molar-refractivity contribution in [3.8, 4) is 0 Å². The SMILES string of the molecule is c1ccc2nnc(CCCN3CCNCC3)cc2c1. The number of hydrogen-bond donors (Lipinski definition) is 1. The van der Waals surface area contributed by atoms with Gasteiger partial charge in [-0.15, -0.1) is 0 Å². The summed E-state index contributed by atoms with van der Waals surface area (Å²) >= 11 is 0. The molecule has 0 radical (unpaired) electrons. The predicted molar refractivity (Wildman–Crippen MR) is 77.2 cm³/mol. The molecule has 1 aromatic carbocycles. The summed E-state index contributed by atoms with van der Waals surface area (Å²) in [6, 6.07) is 10.3. The molecule has 4 heteroatoms. The van der Waals surface area contributed by atoms with Crippen LogP contribution in [0.4, 0.5) is 0 Å². The molecule has 1 aliphatic rings. The van der Waals surface area contributed by atoms with Gasteiger partial charge < -0.3 is 10.2 Å². The van der Waals surface area contributed by atoms with Crippen LogP contribution in [0, 0.1) is 0 Å². The number of nitrogens with zero attached hydrogens (tertiary/aromatic N) is 3. The Labute approximate surface area is 113 Å². The minimum Gasteiger partial charge on any atom is -0.314 e. The maximum absolute atomic E-state index is 4.31. The van der Waals surface area contributed by atoms with E-state index in [0.717, 1.165) is 43.7 Å². The maximum Gasteiger partial charge on any atom is 0.0929 e. The van der Waals surface area contributed by atoms with E-state index in [9.17, 15) is 0 Å². The quantitative estimate of drug-likeness (QED) is 0.899. The molecule has 19 heavy (non-hydrogen) atoms. The van der Waals surface area contributed by atoms with Crippen molar-refractivity contribution in [2.45, 2.75) is 12.8 Å². The first-order chi connectivity index (χ1) is 9.42. The van der Waals surface area contributed by atoms with E-state index in [1.807, 2.05) is 12.1 Å². The number of aromatic nitrogens is 2. The second-order valence-corrected chi connectivity index (χ2v) is 5.09. The zero-order chi connectivity index (χ0) is 12.9. The first-order valence-electron chi connectivity index (χ1n) is 7.06. The van der Waals surface area contributed by atoms with Crippen LogP contribution < -0.4 is 5.32 Å². The second kappa shape index (κ2) is 6.08. The summed E-state index contributed by atoms with van der Waals surface area (Å²) in [4.78, 5) is 2.52. The number of piperazine rings is 1. The molecular formula is C15H20N4. The minimum absolute atomic E-state index is 0.980. The second-order valence-electron chi connectivity index (χ2n) is 5.09. The molecule has 0 unspecified atom stereocenters. The smallest absolute Gasteiger partial charge is 0.0929 e. The Kier molecular flexibility index (Phi) is 4.01. The van der Waals surface area contributed by atoms with Gasteiger partial charge in [0, 0.05) is 31.6 Å². The van der Waals surface area contributed by atoms with Crippen molar-refractivity contribution >= 4 is 10.9 Å². The molecule has 4 nitrogen and oxygen atoms in total. The number of benzene rings is 1. The van der Waals surface area contributed by atoms with Crippen molar-refractivity contribution in [2.75, 3.05) is 32.7 Å². The summed E-state index contributed by atoms with van der Waals surface area (Å²) in [6.07, 6.45) is 2.18. The van der Waals surface area contributed by atoms with Gasteiger partial charge >= 0.3 is 0 Å². The molecule has 0 bridgehead atoms. The fourth-order valence-electron chi connectivity index (χ4n) is 2.57. The number of fused-ring (bicyclic) bond motifs is 1. The van der Waals surface area contributed by atoms with Gasteiger partial charge in [-0.25, -0.2) is 0 Å². The largest absolute Gasteiger partial charge is 0.314 e. The van der Waals surface area contributed by atoms with Gasteiger partial charge in [0.15, 0.2) is 0 Å². The van der Waals surface area contributed by atoms with Gasteiger partial charge in [-0.05, 0) is 31.5 Å². The van der Waals surface area contributed by atoms with Gasteiger partial charge in [-0.3, -0.25) is 0 Å². The van der Waals surface area contributed by atoms with Crippen LogP contribution in [0.1, 0.15) is 12.1 Å². The first kappa shape index (κ1) is 12.5. The lowest BCUT2D eigenvalue weighted by Gasteiger charge is -2.26. The molecule has 1 aliphatic heterocycles. The number of hydrogen-bond acceptors (Lipinski definition) is 4. The molecule has 0 spiro atoms. The number of nitrogens with one attached hydrogen (secondary N) is 1. The summed E-state index contributed by atoms with van der Waals surface area (Å²) in [7, 11) is 0. The maximum atomic E-state index is 4.31. The average Bonchev–Trinajstić information content (AvgIpc) is 2.48. The van der Waals surface area contributed by atoms with E-state index in [0.29, 0.717) is 0 Å². The molecule has 1 fully saturated rings. The number of aryl methyl sites for hydroxylation is 1. The molecule has 100 valence electrons. The van der Waals surface area contributed by atoms with E-state index in [2.05, 4.69) is 38.6 Å². The Bertz CT molecular complexity index is 534. The highest BCUT2D eigenvalue weighted by Gasteiger charge is 2.08. The topological polar surface area (TPSA) is 41.1 Å². The molecule has 2 heterocycles. The van der Waals surface area contributed by atoms with Crippen molar-refractivity contribution in [3.05, 3.63) is 36.0 Å². The van der Waals surface area contributed by atoms with Crippen molar-refractivity contribution in [1.82, 2.24) is 20.4 Å². The van der Waals surface area contributed by atoms with Crippen LogP contribution in [0.25, 0.3) is 10.9 Å². The molecule has 2 aromatic rings. The van der Waals surface area contributed by atoms with Crippen LogP contribution in [0.3, 0.4) is 0 Å². The predicted octanol–water partition coefficient (Wildman–Crippen LogP) is 1.47. The van der Waals surface area contributed by atoms with Crippen molar-refractivity contribution in [3.63, 3.8) is 0 Å². The van der Waals surface area contributed by atoms with E-state index in [1.165, 1.54) is 18.5 Å². The summed E-state index contributed by atoms with van der Waals surface area (Å²) < 4.78 is 0. The zero-order valence-corrected chi connectivity index (χ0v) is 11.2. The van der Waals surface area contributed by atoms with Crippen LogP contribution in [-0.2, 0) is 6.42 Å². The normalized spacial score (nSPS) is 16.8. The van der Waals surface area contributed by atoms with Crippen molar-refractivity contribution < 1.29 is 0 Å². The molecule has 0 aliphatic carbocycles. The van der Waals surface area contributed by atoms with Gasteiger partial charge in [0.25, 0.3) is 0 Å². The first-order valence-corrected chi connectivity index (χ1v) is 7.06. The van der Waals surface area contributed by atoms with E-state index < -0.39 is 0 Å². The lowest BCUT2D eigenvalue weighted by atomic mass is 10.1. The standard InChI is InChI=1S/C15H20N4/c1-2-6-15-13(4-1)12-14(17-18-15)5-3-9-19-10-7-16-8-11-19/h1-2,4,6,12,16H,3,5,7-11H2. The summed E-state index contributed by atoms with van der Waals surface area (Å²) in [5.74, 6) is 0. The molecule has 1 saturated heterocycles. The Morgan fingerprint density at radius 1 is 1.11 bits per heavy atom. The van der Waals surface area contributed by atoms with E-state index in [4.69, 9.17) is 0 Å². The van der Waals surface area contributed by atoms with Gasteiger partial charge in [-0.1, -0.05) is 18.2 Å². The minimum atomic E-state index is 0.980. The number of rotatable bonds is 4. The summed E-state index contributed by atoms with van der Waals surface area (Å²) in [5, 5.41) is 13.2. The van der Waals surface area contributed by atoms with E-state index in [1.54, 1.807) is 0 Å². The third-order valence-electron chi connectivity index (χ3n) is 3.66. The van der Waals surface area contributed by atoms with Crippen LogP contribution in [0.15, 0.2) is 30.3 Å². The fraction of sp³-hybridized carbons (Fsp3) is 0.467. The molecule has 3 rings (SSSR count). The third kappa shape index (κ3) is 3.28. The third-order valence-corrected chi connectivity index (χ3v) is 3.66. The zero-order valence-electron chi connectivity index (χ0n) is 11.2. The lowest BCUT2D eigenvalue weighted by molar-refractivity contribution is 0.238. The van der Waals surface area contributed by atoms with Crippen LogP contribution in [0.2, 0.25) is 0 Å². The Morgan fingerprint density at radius 3 is 2.84 bits per heavy atom. The van der Waals surface area contributed by atoms with Crippen LogP contribution in [-0.4, -0.2) is 47.8 Å². The summed E-state index contributed by atoms with van der Waals surface area (Å²) in [5.41, 5.74) is 2.09. The Balaban J connectivity index is 1.56. The van der Waals surface area contributed by atoms with Crippen LogP contribution >= 0.6 is 0 Å². The van der Waals surface area contributed by atoms with Gasteiger partial charge in [0.2, 0.25) is 0 Å². The van der Waals surface area contributed by atoms with E-state index >= 15 is 0 Å².